The van der Waals surface area contributed by atoms with E-state index in [-0.39, 0.29) is 0 Å². The van der Waals surface area contributed by atoms with Gasteiger partial charge in [-0.2, -0.15) is 22.9 Å². The van der Waals surface area contributed by atoms with E-state index in [1.54, 1.807) is 17.1 Å². The molecule has 27 heavy (non-hydrogen) atoms. The van der Waals surface area contributed by atoms with E-state index in [1.165, 1.54) is 23.9 Å². The predicted octanol–water partition coefficient (Wildman–Crippen LogP) is 3.84. The molecule has 1 aliphatic heterocycles. The molecule has 1 aromatic carbocycles. The Morgan fingerprint density at radius 3 is 2.56 bits per heavy atom. The quantitative estimate of drug-likeness (QED) is 0.680. The van der Waals surface area contributed by atoms with Crippen molar-refractivity contribution >= 4 is 17.5 Å². The molecular formula is C18H14F3N5S. The predicted molar refractivity (Wildman–Crippen MR) is 95.8 cm³/mol. The van der Waals surface area contributed by atoms with E-state index in [9.17, 15) is 13.2 Å². The molecule has 0 bridgehead atoms. The number of pyridine rings is 1. The number of hydrogen-bond donors (Lipinski definition) is 0. The van der Waals surface area contributed by atoms with E-state index in [1.807, 2.05) is 12.1 Å². The number of benzene rings is 1. The maximum Gasteiger partial charge on any atom is 0.416 e. The van der Waals surface area contributed by atoms with Crippen molar-refractivity contribution in [2.45, 2.75) is 24.2 Å². The van der Waals surface area contributed by atoms with Crippen LogP contribution in [-0.2, 0) is 19.0 Å². The average Bonchev–Trinajstić information content (AvgIpc) is 3.09. The van der Waals surface area contributed by atoms with Gasteiger partial charge in [-0.1, -0.05) is 30.0 Å². The van der Waals surface area contributed by atoms with Crippen LogP contribution in [0.25, 0.3) is 0 Å². The first-order valence-electron chi connectivity index (χ1n) is 8.22. The molecule has 0 aliphatic carbocycles. The largest absolute Gasteiger partial charge is 0.416 e. The molecule has 3 aromatic rings. The van der Waals surface area contributed by atoms with E-state index in [4.69, 9.17) is 0 Å². The second kappa shape index (κ2) is 7.15. The minimum Gasteiger partial charge on any atom is -0.264 e. The van der Waals surface area contributed by atoms with E-state index >= 15 is 0 Å². The molecule has 0 radical (unpaired) electrons. The maximum absolute atomic E-state index is 12.7. The van der Waals surface area contributed by atoms with Gasteiger partial charge in [0.2, 0.25) is 5.16 Å². The average molecular weight is 389 g/mol. The second-order valence-electron chi connectivity index (χ2n) is 5.98. The van der Waals surface area contributed by atoms with E-state index in [0.29, 0.717) is 34.4 Å². The van der Waals surface area contributed by atoms with Gasteiger partial charge in [0.05, 0.1) is 11.3 Å². The molecule has 1 aliphatic rings. The molecule has 0 fully saturated rings. The van der Waals surface area contributed by atoms with Crippen molar-refractivity contribution in [1.29, 1.82) is 0 Å². The first kappa shape index (κ1) is 17.7. The van der Waals surface area contributed by atoms with Crippen LogP contribution in [0.15, 0.2) is 59.0 Å². The van der Waals surface area contributed by atoms with Gasteiger partial charge >= 0.3 is 6.18 Å². The fourth-order valence-electron chi connectivity index (χ4n) is 2.72. The van der Waals surface area contributed by atoms with Crippen molar-refractivity contribution in [1.82, 2.24) is 19.9 Å². The number of hydrogen-bond acceptors (Lipinski definition) is 5. The summed E-state index contributed by atoms with van der Waals surface area (Å²) in [5, 5.41) is 13.6. The third-order valence-corrected chi connectivity index (χ3v) is 5.07. The van der Waals surface area contributed by atoms with Crippen LogP contribution in [0.3, 0.4) is 0 Å². The molecule has 2 aromatic heterocycles. The van der Waals surface area contributed by atoms with Gasteiger partial charge in [-0.3, -0.25) is 4.98 Å². The minimum absolute atomic E-state index is 0.534. The highest BCUT2D eigenvalue weighted by Gasteiger charge is 2.30. The number of nitrogens with zero attached hydrogens (tertiary/aromatic N) is 5. The van der Waals surface area contributed by atoms with Crippen molar-refractivity contribution in [3.63, 3.8) is 0 Å². The van der Waals surface area contributed by atoms with Crippen LogP contribution >= 0.6 is 11.8 Å². The summed E-state index contributed by atoms with van der Waals surface area (Å²) in [4.78, 5) is 4.09. The van der Waals surface area contributed by atoms with Crippen LogP contribution in [-0.4, -0.2) is 31.3 Å². The molecule has 9 heteroatoms. The zero-order chi connectivity index (χ0) is 18.9. The molecule has 0 unspecified atom stereocenters. The molecule has 0 saturated heterocycles. The summed E-state index contributed by atoms with van der Waals surface area (Å²) in [7, 11) is 0. The van der Waals surface area contributed by atoms with Gasteiger partial charge in [0.25, 0.3) is 0 Å². The number of aromatic nitrogens is 4. The van der Waals surface area contributed by atoms with Crippen molar-refractivity contribution in [3.8, 4) is 0 Å². The molecule has 138 valence electrons. The maximum atomic E-state index is 12.7. The summed E-state index contributed by atoms with van der Waals surface area (Å²) in [5.74, 6) is 1.25. The number of halogens is 3. The molecule has 3 heterocycles. The van der Waals surface area contributed by atoms with Crippen molar-refractivity contribution in [3.05, 3.63) is 71.3 Å². The zero-order valence-corrected chi connectivity index (χ0v) is 14.8. The van der Waals surface area contributed by atoms with Crippen LogP contribution in [0, 0.1) is 0 Å². The second-order valence-corrected chi connectivity index (χ2v) is 6.92. The number of thioether (sulfide) groups is 1. The summed E-state index contributed by atoms with van der Waals surface area (Å²) in [6.07, 6.45) is 0.576. The monoisotopic (exact) mass is 389 g/mol. The minimum atomic E-state index is -4.34. The Kier molecular flexibility index (Phi) is 4.69. The third kappa shape index (κ3) is 3.87. The van der Waals surface area contributed by atoms with Crippen LogP contribution in [0.4, 0.5) is 13.2 Å². The van der Waals surface area contributed by atoms with Crippen LogP contribution in [0.2, 0.25) is 0 Å². The highest BCUT2D eigenvalue weighted by Crippen LogP contribution is 2.30. The Balaban J connectivity index is 1.56. The van der Waals surface area contributed by atoms with Gasteiger partial charge < -0.3 is 0 Å². The Morgan fingerprint density at radius 1 is 1.04 bits per heavy atom. The number of rotatable bonds is 4. The van der Waals surface area contributed by atoms with E-state index < -0.39 is 11.7 Å². The number of fused-ring (bicyclic) bond motifs is 1. The first-order chi connectivity index (χ1) is 13.0. The lowest BCUT2D eigenvalue weighted by Gasteiger charge is -2.14. The lowest BCUT2D eigenvalue weighted by molar-refractivity contribution is -0.137. The number of alkyl halides is 3. The normalized spacial score (nSPS) is 14.0. The van der Waals surface area contributed by atoms with Crippen LogP contribution in [0.1, 0.15) is 22.5 Å². The molecular weight excluding hydrogens is 375 g/mol. The molecule has 4 rings (SSSR count). The van der Waals surface area contributed by atoms with Gasteiger partial charge in [0.1, 0.15) is 0 Å². The summed E-state index contributed by atoms with van der Waals surface area (Å²) in [5.41, 5.74) is 1.78. The molecule has 0 spiro atoms. The van der Waals surface area contributed by atoms with Crippen molar-refractivity contribution < 1.29 is 13.2 Å². The molecule has 0 atom stereocenters. The molecule has 0 amide bonds. The highest BCUT2D eigenvalue weighted by molar-refractivity contribution is 7.99. The third-order valence-electron chi connectivity index (χ3n) is 4.14. The van der Waals surface area contributed by atoms with E-state index in [0.717, 1.165) is 24.1 Å². The Morgan fingerprint density at radius 2 is 1.85 bits per heavy atom. The molecule has 0 saturated carbocycles. The smallest absolute Gasteiger partial charge is 0.264 e. The zero-order valence-electron chi connectivity index (χ0n) is 14.0. The van der Waals surface area contributed by atoms with Crippen LogP contribution in [0.5, 0.6) is 0 Å². The van der Waals surface area contributed by atoms with Crippen molar-refractivity contribution in [2.75, 3.05) is 5.75 Å². The first-order valence-corrected chi connectivity index (χ1v) is 9.21. The van der Waals surface area contributed by atoms with Gasteiger partial charge in [0, 0.05) is 24.6 Å². The van der Waals surface area contributed by atoms with Gasteiger partial charge in [0.15, 0.2) is 5.82 Å². The fraction of sp³-hybridized carbons (Fsp3) is 0.222. The number of aryl methyl sites for hydroxylation is 2. The summed E-state index contributed by atoms with van der Waals surface area (Å²) >= 11 is 1.47. The van der Waals surface area contributed by atoms with Gasteiger partial charge in [-0.05, 0) is 35.7 Å². The SMILES string of the molecule is FC(F)(F)c1ccc(C2=Nn3c(CCc4cccnc4)nnc3SC2)cc1. The lowest BCUT2D eigenvalue weighted by atomic mass is 10.1. The molecule has 0 N–H and O–H groups in total. The Bertz CT molecular complexity index is 965. The standard InChI is InChI=1S/C18H14F3N5S/c19-18(20,21)14-6-4-13(5-7-14)15-11-27-17-24-23-16(26(17)25-15)8-3-12-2-1-9-22-10-12/h1-2,4-7,9-10H,3,8,11H2. The van der Waals surface area contributed by atoms with E-state index in [2.05, 4.69) is 20.3 Å². The fourth-order valence-corrected chi connectivity index (χ4v) is 3.58. The van der Waals surface area contributed by atoms with Crippen molar-refractivity contribution in [2.24, 2.45) is 5.10 Å². The topological polar surface area (TPSA) is 56.0 Å². The Hall–Kier alpha value is -2.68. The summed E-state index contributed by atoms with van der Waals surface area (Å²) in [6, 6.07) is 8.93. The summed E-state index contributed by atoms with van der Waals surface area (Å²) < 4.78 is 39.9. The highest BCUT2D eigenvalue weighted by atomic mass is 32.2. The van der Waals surface area contributed by atoms with Crippen LogP contribution < -0.4 is 0 Å². The van der Waals surface area contributed by atoms with Gasteiger partial charge in [-0.25, -0.2) is 0 Å². The Labute approximate surface area is 157 Å². The molecule has 5 nitrogen and oxygen atoms in total. The summed E-state index contributed by atoms with van der Waals surface area (Å²) in [6.45, 7) is 0. The lowest BCUT2D eigenvalue weighted by Crippen LogP contribution is -2.15. The van der Waals surface area contributed by atoms with Gasteiger partial charge in [-0.15, -0.1) is 10.2 Å².